The summed E-state index contributed by atoms with van der Waals surface area (Å²) in [6, 6.07) is 13.1. The fraction of sp³-hybridized carbons (Fsp3) is 0.684. The average Bonchev–Trinajstić information content (AvgIpc) is 2.50. The highest BCUT2D eigenvalue weighted by molar-refractivity contribution is 5.16. The first-order chi connectivity index (χ1) is 10.2. The van der Waals surface area contributed by atoms with E-state index in [9.17, 15) is 0 Å². The minimum absolute atomic E-state index is 0.634. The Morgan fingerprint density at radius 3 is 2.71 bits per heavy atom. The summed E-state index contributed by atoms with van der Waals surface area (Å²) in [5, 5.41) is 3.69. The molecule has 2 aliphatic rings. The van der Waals surface area contributed by atoms with Gasteiger partial charge < -0.3 is 5.32 Å². The Morgan fingerprint density at radius 1 is 1.14 bits per heavy atom. The molecule has 1 aliphatic heterocycles. The molecule has 1 saturated carbocycles. The van der Waals surface area contributed by atoms with E-state index in [-0.39, 0.29) is 0 Å². The predicted octanol–water partition coefficient (Wildman–Crippen LogP) is 3.47. The van der Waals surface area contributed by atoms with Gasteiger partial charge in [-0.25, -0.2) is 0 Å². The molecule has 0 bridgehead atoms. The lowest BCUT2D eigenvalue weighted by atomic mass is 9.84. The number of nitrogens with one attached hydrogen (secondary N) is 1. The Bertz CT molecular complexity index is 430. The third kappa shape index (κ3) is 3.87. The van der Waals surface area contributed by atoms with Crippen LogP contribution in [0.5, 0.6) is 0 Å². The zero-order chi connectivity index (χ0) is 14.7. The fourth-order valence-electron chi connectivity index (χ4n) is 4.21. The highest BCUT2D eigenvalue weighted by Crippen LogP contribution is 2.30. The van der Waals surface area contributed by atoms with Gasteiger partial charge in [-0.1, -0.05) is 50.1 Å². The number of benzene rings is 1. The van der Waals surface area contributed by atoms with Gasteiger partial charge in [0.05, 0.1) is 0 Å². The molecule has 2 fully saturated rings. The van der Waals surface area contributed by atoms with E-state index in [1.54, 1.807) is 0 Å². The van der Waals surface area contributed by atoms with Gasteiger partial charge in [-0.05, 0) is 37.7 Å². The lowest BCUT2D eigenvalue weighted by molar-refractivity contribution is 0.0541. The molecule has 0 aromatic heterocycles. The Balaban J connectivity index is 1.70. The summed E-state index contributed by atoms with van der Waals surface area (Å²) in [5.41, 5.74) is 1.48. The third-order valence-corrected chi connectivity index (χ3v) is 5.35. The van der Waals surface area contributed by atoms with Crippen LogP contribution in [-0.2, 0) is 6.42 Å². The molecular weight excluding hydrogens is 256 g/mol. The number of nitrogens with zero attached hydrogens (tertiary/aromatic N) is 1. The molecule has 4 atom stereocenters. The number of piperazine rings is 1. The van der Waals surface area contributed by atoms with Gasteiger partial charge in [0.1, 0.15) is 0 Å². The smallest absolute Gasteiger partial charge is 0.0264 e. The molecule has 116 valence electrons. The van der Waals surface area contributed by atoms with E-state index in [0.717, 1.165) is 18.5 Å². The van der Waals surface area contributed by atoms with Crippen LogP contribution >= 0.6 is 0 Å². The zero-order valence-corrected chi connectivity index (χ0v) is 13.6. The second-order valence-corrected chi connectivity index (χ2v) is 7.28. The SMILES string of the molecule is CC1CCCC(N2CC(C)NCC2Cc2ccccc2)C1. The summed E-state index contributed by atoms with van der Waals surface area (Å²) in [6.45, 7) is 7.12. The average molecular weight is 286 g/mol. The van der Waals surface area contributed by atoms with E-state index in [1.165, 1.54) is 44.2 Å². The minimum atomic E-state index is 0.634. The van der Waals surface area contributed by atoms with Gasteiger partial charge in [0, 0.05) is 31.2 Å². The van der Waals surface area contributed by atoms with E-state index in [4.69, 9.17) is 0 Å². The topological polar surface area (TPSA) is 15.3 Å². The molecule has 3 rings (SSSR count). The predicted molar refractivity (Wildman–Crippen MR) is 89.5 cm³/mol. The monoisotopic (exact) mass is 286 g/mol. The maximum absolute atomic E-state index is 3.69. The molecule has 1 saturated heterocycles. The summed E-state index contributed by atoms with van der Waals surface area (Å²) >= 11 is 0. The molecule has 1 aromatic rings. The van der Waals surface area contributed by atoms with Gasteiger partial charge in [0.2, 0.25) is 0 Å². The molecule has 0 radical (unpaired) electrons. The van der Waals surface area contributed by atoms with Crippen LogP contribution in [0.3, 0.4) is 0 Å². The minimum Gasteiger partial charge on any atom is -0.311 e. The summed E-state index contributed by atoms with van der Waals surface area (Å²) in [5.74, 6) is 0.909. The molecule has 1 heterocycles. The van der Waals surface area contributed by atoms with Gasteiger partial charge in [0.15, 0.2) is 0 Å². The van der Waals surface area contributed by atoms with E-state index in [0.29, 0.717) is 12.1 Å². The second-order valence-electron chi connectivity index (χ2n) is 7.28. The molecule has 0 spiro atoms. The van der Waals surface area contributed by atoms with Crippen molar-refractivity contribution in [3.8, 4) is 0 Å². The molecule has 21 heavy (non-hydrogen) atoms. The number of hydrogen-bond donors (Lipinski definition) is 1. The first kappa shape index (κ1) is 15.1. The van der Waals surface area contributed by atoms with Gasteiger partial charge in [-0.3, -0.25) is 4.90 Å². The molecule has 2 nitrogen and oxygen atoms in total. The van der Waals surface area contributed by atoms with Crippen molar-refractivity contribution >= 4 is 0 Å². The summed E-state index contributed by atoms with van der Waals surface area (Å²) in [7, 11) is 0. The van der Waals surface area contributed by atoms with Crippen molar-refractivity contribution in [2.75, 3.05) is 13.1 Å². The standard InChI is InChI=1S/C19H30N2/c1-15-7-6-10-18(11-15)21-14-16(2)20-13-19(21)12-17-8-4-3-5-9-17/h3-5,8-9,15-16,18-20H,6-7,10-14H2,1-2H3. The summed E-state index contributed by atoms with van der Waals surface area (Å²) in [6.07, 6.45) is 6.84. The fourth-order valence-corrected chi connectivity index (χ4v) is 4.21. The Kier molecular flexibility index (Phi) is 4.97. The highest BCUT2D eigenvalue weighted by atomic mass is 15.3. The Labute approximate surface area is 129 Å². The maximum Gasteiger partial charge on any atom is 0.0264 e. The van der Waals surface area contributed by atoms with Crippen molar-refractivity contribution in [2.24, 2.45) is 5.92 Å². The zero-order valence-electron chi connectivity index (χ0n) is 13.6. The summed E-state index contributed by atoms with van der Waals surface area (Å²) < 4.78 is 0. The first-order valence-corrected chi connectivity index (χ1v) is 8.75. The Morgan fingerprint density at radius 2 is 1.95 bits per heavy atom. The van der Waals surface area contributed by atoms with Crippen LogP contribution in [0.1, 0.15) is 45.1 Å². The van der Waals surface area contributed by atoms with Gasteiger partial charge >= 0.3 is 0 Å². The molecule has 4 unspecified atom stereocenters. The first-order valence-electron chi connectivity index (χ1n) is 8.75. The maximum atomic E-state index is 3.69. The highest BCUT2D eigenvalue weighted by Gasteiger charge is 2.33. The largest absolute Gasteiger partial charge is 0.311 e. The normalized spacial score (nSPS) is 34.8. The lowest BCUT2D eigenvalue weighted by Crippen LogP contribution is -2.59. The van der Waals surface area contributed by atoms with Crippen molar-refractivity contribution in [3.05, 3.63) is 35.9 Å². The quantitative estimate of drug-likeness (QED) is 0.915. The van der Waals surface area contributed by atoms with Crippen molar-refractivity contribution in [1.82, 2.24) is 10.2 Å². The van der Waals surface area contributed by atoms with Crippen LogP contribution in [0.25, 0.3) is 0 Å². The van der Waals surface area contributed by atoms with Crippen LogP contribution < -0.4 is 5.32 Å². The van der Waals surface area contributed by atoms with Crippen LogP contribution in [0.15, 0.2) is 30.3 Å². The van der Waals surface area contributed by atoms with E-state index in [1.807, 2.05) is 0 Å². The number of rotatable bonds is 3. The van der Waals surface area contributed by atoms with E-state index in [2.05, 4.69) is 54.4 Å². The molecule has 1 N–H and O–H groups in total. The molecule has 2 heteroatoms. The van der Waals surface area contributed by atoms with Crippen LogP contribution in [0.4, 0.5) is 0 Å². The molecule has 1 aromatic carbocycles. The van der Waals surface area contributed by atoms with Crippen LogP contribution in [-0.4, -0.2) is 36.1 Å². The van der Waals surface area contributed by atoms with E-state index < -0.39 is 0 Å². The van der Waals surface area contributed by atoms with Crippen LogP contribution in [0, 0.1) is 5.92 Å². The van der Waals surface area contributed by atoms with Gasteiger partial charge in [-0.2, -0.15) is 0 Å². The third-order valence-electron chi connectivity index (χ3n) is 5.35. The van der Waals surface area contributed by atoms with Crippen molar-refractivity contribution in [2.45, 2.75) is 64.1 Å². The summed E-state index contributed by atoms with van der Waals surface area (Å²) in [4.78, 5) is 2.84. The molecular formula is C19H30N2. The second kappa shape index (κ2) is 6.93. The van der Waals surface area contributed by atoms with Crippen molar-refractivity contribution < 1.29 is 0 Å². The molecule has 0 amide bonds. The van der Waals surface area contributed by atoms with E-state index >= 15 is 0 Å². The number of hydrogen-bond acceptors (Lipinski definition) is 2. The van der Waals surface area contributed by atoms with Crippen molar-refractivity contribution in [1.29, 1.82) is 0 Å². The molecule has 1 aliphatic carbocycles. The van der Waals surface area contributed by atoms with Gasteiger partial charge in [0.25, 0.3) is 0 Å². The van der Waals surface area contributed by atoms with Crippen molar-refractivity contribution in [3.63, 3.8) is 0 Å². The Hall–Kier alpha value is -0.860. The van der Waals surface area contributed by atoms with Gasteiger partial charge in [-0.15, -0.1) is 0 Å². The van der Waals surface area contributed by atoms with Crippen LogP contribution in [0.2, 0.25) is 0 Å². The lowest BCUT2D eigenvalue weighted by Gasteiger charge is -2.46.